The van der Waals surface area contributed by atoms with Crippen LogP contribution in [0.1, 0.15) is 45.1 Å². The summed E-state index contributed by atoms with van der Waals surface area (Å²) in [5.41, 5.74) is 0.771. The van der Waals surface area contributed by atoms with Crippen molar-refractivity contribution in [3.8, 4) is 11.5 Å². The van der Waals surface area contributed by atoms with Gasteiger partial charge in [-0.25, -0.2) is 0 Å². The molecule has 0 unspecified atom stereocenters. The molecule has 0 aliphatic rings. The summed E-state index contributed by atoms with van der Waals surface area (Å²) in [6, 6.07) is 9.52. The fraction of sp³-hybridized carbons (Fsp3) is 0.368. The van der Waals surface area contributed by atoms with Crippen LogP contribution >= 0.6 is 0 Å². The van der Waals surface area contributed by atoms with Crippen LogP contribution in [0.25, 0.3) is 10.8 Å². The maximum Gasteiger partial charge on any atom is 0.311 e. The number of carbonyl (C=O) groups excluding carboxylic acids is 2. The van der Waals surface area contributed by atoms with Crippen molar-refractivity contribution in [1.29, 1.82) is 0 Å². The van der Waals surface area contributed by atoms with E-state index in [1.807, 2.05) is 51.1 Å². The van der Waals surface area contributed by atoms with Crippen LogP contribution in [0, 0.1) is 6.92 Å². The fourth-order valence-electron chi connectivity index (χ4n) is 2.40. The molecule has 0 radical (unpaired) electrons. The minimum Gasteiger partial charge on any atom is -0.422 e. The molecule has 0 bridgehead atoms. The Balaban J connectivity index is 2.51. The zero-order valence-corrected chi connectivity index (χ0v) is 13.8. The lowest BCUT2D eigenvalue weighted by Gasteiger charge is -2.15. The normalized spacial score (nSPS) is 10.6. The molecule has 0 saturated carbocycles. The molecule has 2 rings (SSSR count). The molecule has 0 aliphatic heterocycles. The molecular weight excluding hydrogens is 292 g/mol. The van der Waals surface area contributed by atoms with E-state index in [1.54, 1.807) is 0 Å². The van der Waals surface area contributed by atoms with E-state index < -0.39 is 0 Å². The molecule has 4 nitrogen and oxygen atoms in total. The van der Waals surface area contributed by atoms with Gasteiger partial charge in [0.1, 0.15) is 0 Å². The second kappa shape index (κ2) is 7.77. The summed E-state index contributed by atoms with van der Waals surface area (Å²) in [7, 11) is 0. The molecule has 0 N–H and O–H groups in total. The van der Waals surface area contributed by atoms with Crippen molar-refractivity contribution >= 4 is 22.7 Å². The first-order valence-electron chi connectivity index (χ1n) is 8.00. The van der Waals surface area contributed by atoms with Gasteiger partial charge in [0.2, 0.25) is 0 Å². The number of esters is 2. The standard InChI is InChI=1S/C19H22O4/c1-4-8-16(20)22-18-13(3)12-14-10-6-7-11-15(14)19(18)23-17(21)9-5-2/h6-7,10-12H,4-5,8-9H2,1-3H3. The van der Waals surface area contributed by atoms with Crippen LogP contribution in [0.2, 0.25) is 0 Å². The Morgan fingerprint density at radius 3 is 2.09 bits per heavy atom. The van der Waals surface area contributed by atoms with Crippen molar-refractivity contribution in [2.24, 2.45) is 0 Å². The third kappa shape index (κ3) is 4.09. The second-order valence-corrected chi connectivity index (χ2v) is 5.52. The third-order valence-corrected chi connectivity index (χ3v) is 3.48. The van der Waals surface area contributed by atoms with Gasteiger partial charge in [0.15, 0.2) is 11.5 Å². The fourth-order valence-corrected chi connectivity index (χ4v) is 2.40. The van der Waals surface area contributed by atoms with Crippen LogP contribution in [0.5, 0.6) is 11.5 Å². The highest BCUT2D eigenvalue weighted by Gasteiger charge is 2.19. The molecule has 2 aromatic rings. The summed E-state index contributed by atoms with van der Waals surface area (Å²) in [5, 5.41) is 1.71. The summed E-state index contributed by atoms with van der Waals surface area (Å²) in [4.78, 5) is 23.9. The molecule has 23 heavy (non-hydrogen) atoms. The minimum atomic E-state index is -0.323. The van der Waals surface area contributed by atoms with Crippen LogP contribution in [-0.2, 0) is 9.59 Å². The summed E-state index contributed by atoms with van der Waals surface area (Å²) in [6.07, 6.45) is 2.06. The Kier molecular flexibility index (Phi) is 5.74. The summed E-state index contributed by atoms with van der Waals surface area (Å²) >= 11 is 0. The smallest absolute Gasteiger partial charge is 0.311 e. The van der Waals surface area contributed by atoms with Gasteiger partial charge in [0, 0.05) is 18.2 Å². The SMILES string of the molecule is CCCC(=O)Oc1c(C)cc2ccccc2c1OC(=O)CCC. The average Bonchev–Trinajstić information content (AvgIpc) is 2.51. The first-order chi connectivity index (χ1) is 11.1. The van der Waals surface area contributed by atoms with Crippen LogP contribution < -0.4 is 9.47 Å². The van der Waals surface area contributed by atoms with Crippen molar-refractivity contribution in [3.05, 3.63) is 35.9 Å². The first kappa shape index (κ1) is 17.0. The number of benzene rings is 2. The van der Waals surface area contributed by atoms with E-state index in [0.29, 0.717) is 37.2 Å². The molecule has 0 spiro atoms. The van der Waals surface area contributed by atoms with Gasteiger partial charge in [-0.05, 0) is 36.8 Å². The van der Waals surface area contributed by atoms with Gasteiger partial charge >= 0.3 is 11.9 Å². The highest BCUT2D eigenvalue weighted by molar-refractivity contribution is 5.94. The van der Waals surface area contributed by atoms with Crippen LogP contribution in [-0.4, -0.2) is 11.9 Å². The van der Waals surface area contributed by atoms with Crippen molar-refractivity contribution in [2.75, 3.05) is 0 Å². The van der Waals surface area contributed by atoms with Crippen LogP contribution in [0.3, 0.4) is 0 Å². The van der Waals surface area contributed by atoms with Gasteiger partial charge in [-0.1, -0.05) is 38.1 Å². The van der Waals surface area contributed by atoms with Crippen molar-refractivity contribution in [1.82, 2.24) is 0 Å². The predicted molar refractivity (Wildman–Crippen MR) is 89.8 cm³/mol. The largest absolute Gasteiger partial charge is 0.422 e. The molecule has 0 heterocycles. The number of fused-ring (bicyclic) bond motifs is 1. The van der Waals surface area contributed by atoms with Crippen molar-refractivity contribution in [2.45, 2.75) is 46.5 Å². The van der Waals surface area contributed by atoms with E-state index in [0.717, 1.165) is 16.3 Å². The number of aryl methyl sites for hydroxylation is 1. The van der Waals surface area contributed by atoms with Gasteiger partial charge in [0.05, 0.1) is 0 Å². The van der Waals surface area contributed by atoms with Gasteiger partial charge in [0.25, 0.3) is 0 Å². The molecule has 0 aromatic heterocycles. The molecular formula is C19H22O4. The Morgan fingerprint density at radius 2 is 1.48 bits per heavy atom. The lowest BCUT2D eigenvalue weighted by molar-refractivity contribution is -0.137. The molecule has 4 heteroatoms. The lowest BCUT2D eigenvalue weighted by Crippen LogP contribution is -2.12. The molecule has 122 valence electrons. The summed E-state index contributed by atoms with van der Waals surface area (Å²) < 4.78 is 11.0. The van der Waals surface area contributed by atoms with Gasteiger partial charge < -0.3 is 9.47 Å². The van der Waals surface area contributed by atoms with E-state index >= 15 is 0 Å². The van der Waals surface area contributed by atoms with Crippen molar-refractivity contribution in [3.63, 3.8) is 0 Å². The van der Waals surface area contributed by atoms with Crippen LogP contribution in [0.4, 0.5) is 0 Å². The topological polar surface area (TPSA) is 52.6 Å². The third-order valence-electron chi connectivity index (χ3n) is 3.48. The number of rotatable bonds is 6. The van der Waals surface area contributed by atoms with Gasteiger partial charge in [-0.3, -0.25) is 9.59 Å². The van der Waals surface area contributed by atoms with Gasteiger partial charge in [-0.2, -0.15) is 0 Å². The maximum atomic E-state index is 12.0. The zero-order valence-electron chi connectivity index (χ0n) is 13.8. The lowest BCUT2D eigenvalue weighted by atomic mass is 10.1. The molecule has 2 aromatic carbocycles. The molecule has 0 aliphatic carbocycles. The van der Waals surface area contributed by atoms with Crippen LogP contribution in [0.15, 0.2) is 30.3 Å². The number of carbonyl (C=O) groups is 2. The molecule has 0 amide bonds. The highest BCUT2D eigenvalue weighted by atomic mass is 16.6. The molecule has 0 fully saturated rings. The Morgan fingerprint density at radius 1 is 0.913 bits per heavy atom. The Bertz CT molecular complexity index is 719. The van der Waals surface area contributed by atoms with E-state index in [4.69, 9.17) is 9.47 Å². The summed E-state index contributed by atoms with van der Waals surface area (Å²) in [6.45, 7) is 5.67. The molecule has 0 saturated heterocycles. The Labute approximate surface area is 136 Å². The van der Waals surface area contributed by atoms with E-state index in [1.165, 1.54) is 0 Å². The monoisotopic (exact) mass is 314 g/mol. The predicted octanol–water partition coefficient (Wildman–Crippen LogP) is 4.56. The second-order valence-electron chi connectivity index (χ2n) is 5.52. The number of hydrogen-bond acceptors (Lipinski definition) is 4. The quantitative estimate of drug-likeness (QED) is 0.579. The van der Waals surface area contributed by atoms with E-state index in [-0.39, 0.29) is 11.9 Å². The number of ether oxygens (including phenoxy) is 2. The summed E-state index contributed by atoms with van der Waals surface area (Å²) in [5.74, 6) is 0.0322. The van der Waals surface area contributed by atoms with Crippen molar-refractivity contribution < 1.29 is 19.1 Å². The Hall–Kier alpha value is -2.36. The molecule has 0 atom stereocenters. The van der Waals surface area contributed by atoms with E-state index in [9.17, 15) is 9.59 Å². The number of hydrogen-bond donors (Lipinski definition) is 0. The van der Waals surface area contributed by atoms with E-state index in [2.05, 4.69) is 0 Å². The maximum absolute atomic E-state index is 12.0. The average molecular weight is 314 g/mol. The first-order valence-corrected chi connectivity index (χ1v) is 8.00. The minimum absolute atomic E-state index is 0.321. The highest BCUT2D eigenvalue weighted by Crippen LogP contribution is 2.39. The van der Waals surface area contributed by atoms with Gasteiger partial charge in [-0.15, -0.1) is 0 Å². The zero-order chi connectivity index (χ0) is 16.8.